The first kappa shape index (κ1) is 20.3. The fourth-order valence-electron chi connectivity index (χ4n) is 4.30. The number of nitrogens with zero attached hydrogens (tertiary/aromatic N) is 2. The Hall–Kier alpha value is -2.93. The number of fused-ring (bicyclic) bond motifs is 1. The zero-order valence-corrected chi connectivity index (χ0v) is 17.3. The summed E-state index contributed by atoms with van der Waals surface area (Å²) in [5.41, 5.74) is 2.58. The number of rotatable bonds is 5. The highest BCUT2D eigenvalue weighted by Gasteiger charge is 2.29. The molecule has 1 aliphatic heterocycles. The van der Waals surface area contributed by atoms with E-state index in [-0.39, 0.29) is 35.5 Å². The van der Waals surface area contributed by atoms with Crippen LogP contribution < -0.4 is 11.0 Å². The minimum Gasteiger partial charge on any atom is -0.348 e. The van der Waals surface area contributed by atoms with Gasteiger partial charge in [-0.2, -0.15) is 0 Å². The number of nitrogens with one attached hydrogen (secondary N) is 2. The quantitative estimate of drug-likeness (QED) is 0.678. The lowest BCUT2D eigenvalue weighted by Crippen LogP contribution is -2.49. The molecule has 2 aromatic carbocycles. The number of imidazole rings is 1. The first-order valence-corrected chi connectivity index (χ1v) is 10.4. The zero-order valence-electron chi connectivity index (χ0n) is 17.3. The van der Waals surface area contributed by atoms with Gasteiger partial charge >= 0.3 is 5.69 Å². The summed E-state index contributed by atoms with van der Waals surface area (Å²) in [7, 11) is 0. The van der Waals surface area contributed by atoms with Crippen molar-refractivity contribution in [1.82, 2.24) is 19.8 Å². The van der Waals surface area contributed by atoms with Crippen molar-refractivity contribution in [2.75, 3.05) is 13.1 Å². The van der Waals surface area contributed by atoms with E-state index < -0.39 is 0 Å². The molecule has 6 nitrogen and oxygen atoms in total. The molecule has 2 atom stereocenters. The van der Waals surface area contributed by atoms with Gasteiger partial charge < -0.3 is 10.3 Å². The molecule has 3 aromatic rings. The predicted octanol–water partition coefficient (Wildman–Crippen LogP) is 3.37. The average Bonchev–Trinajstić information content (AvgIpc) is 3.09. The average molecular weight is 410 g/mol. The van der Waals surface area contributed by atoms with Crippen molar-refractivity contribution in [3.05, 3.63) is 70.4 Å². The van der Waals surface area contributed by atoms with E-state index in [4.69, 9.17) is 0 Å². The molecule has 0 radical (unpaired) electrons. The second kappa shape index (κ2) is 8.44. The SMILES string of the molecule is CC(NC(=O)C(C)N1CCC(n2c(=O)[nH]c3ccccc32)CC1)c1ccc(F)cc1. The molecule has 1 aliphatic rings. The summed E-state index contributed by atoms with van der Waals surface area (Å²) in [6.45, 7) is 5.30. The van der Waals surface area contributed by atoms with E-state index in [2.05, 4.69) is 15.2 Å². The number of aromatic amines is 1. The normalized spacial score (nSPS) is 17.7. The highest BCUT2D eigenvalue weighted by atomic mass is 19.1. The second-order valence-corrected chi connectivity index (χ2v) is 8.04. The van der Waals surface area contributed by atoms with Gasteiger partial charge in [-0.25, -0.2) is 9.18 Å². The minimum atomic E-state index is -0.289. The van der Waals surface area contributed by atoms with Gasteiger partial charge in [-0.1, -0.05) is 24.3 Å². The molecule has 0 aliphatic carbocycles. The van der Waals surface area contributed by atoms with E-state index in [0.717, 1.165) is 42.5 Å². The molecular weight excluding hydrogens is 383 g/mol. The fourth-order valence-corrected chi connectivity index (χ4v) is 4.30. The van der Waals surface area contributed by atoms with Crippen LogP contribution in [-0.2, 0) is 4.79 Å². The summed E-state index contributed by atoms with van der Waals surface area (Å²) in [6, 6.07) is 13.6. The van der Waals surface area contributed by atoms with E-state index >= 15 is 0 Å². The van der Waals surface area contributed by atoms with Crippen LogP contribution in [0.25, 0.3) is 11.0 Å². The molecule has 158 valence electrons. The Morgan fingerprint density at radius 1 is 1.10 bits per heavy atom. The lowest BCUT2D eigenvalue weighted by molar-refractivity contribution is -0.127. The van der Waals surface area contributed by atoms with Gasteiger partial charge in [-0.05, 0) is 56.5 Å². The maximum Gasteiger partial charge on any atom is 0.326 e. The third-order valence-electron chi connectivity index (χ3n) is 6.14. The number of amides is 1. The van der Waals surface area contributed by atoms with Gasteiger partial charge in [0.1, 0.15) is 5.82 Å². The van der Waals surface area contributed by atoms with Crippen LogP contribution in [0.1, 0.15) is 44.3 Å². The van der Waals surface area contributed by atoms with Crippen LogP contribution in [0.5, 0.6) is 0 Å². The number of halogens is 1. The van der Waals surface area contributed by atoms with Crippen LogP contribution in [0.15, 0.2) is 53.3 Å². The zero-order chi connectivity index (χ0) is 21.3. The van der Waals surface area contributed by atoms with Crippen molar-refractivity contribution in [3.8, 4) is 0 Å². The molecule has 4 rings (SSSR count). The molecule has 1 amide bonds. The number of hydrogen-bond donors (Lipinski definition) is 2. The predicted molar refractivity (Wildman–Crippen MR) is 115 cm³/mol. The van der Waals surface area contributed by atoms with Gasteiger partial charge in [0.15, 0.2) is 0 Å². The summed E-state index contributed by atoms with van der Waals surface area (Å²) in [6.07, 6.45) is 1.62. The lowest BCUT2D eigenvalue weighted by Gasteiger charge is -2.36. The van der Waals surface area contributed by atoms with Crippen LogP contribution >= 0.6 is 0 Å². The Morgan fingerprint density at radius 2 is 1.77 bits per heavy atom. The number of H-pyrrole nitrogens is 1. The number of para-hydroxylation sites is 2. The molecule has 2 unspecified atom stereocenters. The number of likely N-dealkylation sites (tertiary alicyclic amines) is 1. The third-order valence-corrected chi connectivity index (χ3v) is 6.14. The highest BCUT2D eigenvalue weighted by molar-refractivity contribution is 5.81. The third kappa shape index (κ3) is 4.03. The summed E-state index contributed by atoms with van der Waals surface area (Å²) in [4.78, 5) is 30.3. The molecule has 0 saturated carbocycles. The van der Waals surface area contributed by atoms with Crippen LogP contribution in [0, 0.1) is 5.82 Å². The van der Waals surface area contributed by atoms with Gasteiger partial charge in [0.05, 0.1) is 23.1 Å². The smallest absolute Gasteiger partial charge is 0.326 e. The number of piperidine rings is 1. The second-order valence-electron chi connectivity index (χ2n) is 8.04. The van der Waals surface area contributed by atoms with Crippen molar-refractivity contribution in [3.63, 3.8) is 0 Å². The van der Waals surface area contributed by atoms with Gasteiger partial charge in [0, 0.05) is 19.1 Å². The van der Waals surface area contributed by atoms with Gasteiger partial charge in [-0.15, -0.1) is 0 Å². The monoisotopic (exact) mass is 410 g/mol. The molecular formula is C23H27FN4O2. The van der Waals surface area contributed by atoms with Crippen LogP contribution in [0.2, 0.25) is 0 Å². The maximum absolute atomic E-state index is 13.1. The fraction of sp³-hybridized carbons (Fsp3) is 0.391. The number of aromatic nitrogens is 2. The van der Waals surface area contributed by atoms with Crippen molar-refractivity contribution >= 4 is 16.9 Å². The largest absolute Gasteiger partial charge is 0.348 e. The van der Waals surface area contributed by atoms with E-state index in [1.54, 1.807) is 12.1 Å². The van der Waals surface area contributed by atoms with E-state index in [9.17, 15) is 14.0 Å². The van der Waals surface area contributed by atoms with E-state index in [1.807, 2.05) is 42.7 Å². The first-order valence-electron chi connectivity index (χ1n) is 10.4. The lowest BCUT2D eigenvalue weighted by atomic mass is 10.0. The number of carbonyl (C=O) groups excluding carboxylic acids is 1. The summed E-state index contributed by atoms with van der Waals surface area (Å²) < 4.78 is 15.0. The number of carbonyl (C=O) groups is 1. The maximum atomic E-state index is 13.1. The highest BCUT2D eigenvalue weighted by Crippen LogP contribution is 2.26. The summed E-state index contributed by atoms with van der Waals surface area (Å²) in [5.74, 6) is -0.336. The Morgan fingerprint density at radius 3 is 2.47 bits per heavy atom. The van der Waals surface area contributed by atoms with E-state index in [0.29, 0.717) is 0 Å². The number of benzene rings is 2. The van der Waals surface area contributed by atoms with Crippen molar-refractivity contribution in [2.45, 2.75) is 44.8 Å². The molecule has 0 bridgehead atoms. The molecule has 2 N–H and O–H groups in total. The van der Waals surface area contributed by atoms with Gasteiger partial charge in [0.25, 0.3) is 0 Å². The van der Waals surface area contributed by atoms with E-state index in [1.165, 1.54) is 12.1 Å². The molecule has 2 heterocycles. The Bertz CT molecular complexity index is 1080. The number of hydrogen-bond acceptors (Lipinski definition) is 3. The van der Waals surface area contributed by atoms with Gasteiger partial charge in [-0.3, -0.25) is 14.3 Å². The first-order chi connectivity index (χ1) is 14.4. The summed E-state index contributed by atoms with van der Waals surface area (Å²) >= 11 is 0. The Labute approximate surface area is 174 Å². The standard InChI is InChI=1S/C23H27FN4O2/c1-15(17-7-9-18(24)10-8-17)25-22(29)16(2)27-13-11-19(12-14-27)28-21-6-4-3-5-20(21)26-23(28)30/h3-10,15-16,19H,11-14H2,1-2H3,(H,25,29)(H,26,30). The van der Waals surface area contributed by atoms with Crippen molar-refractivity contribution in [1.29, 1.82) is 0 Å². The molecule has 30 heavy (non-hydrogen) atoms. The van der Waals surface area contributed by atoms with Gasteiger partial charge in [0.2, 0.25) is 5.91 Å². The molecule has 1 saturated heterocycles. The van der Waals surface area contributed by atoms with Crippen LogP contribution in [-0.4, -0.2) is 39.5 Å². The summed E-state index contributed by atoms with van der Waals surface area (Å²) in [5, 5.41) is 3.02. The van der Waals surface area contributed by atoms with Crippen molar-refractivity contribution < 1.29 is 9.18 Å². The topological polar surface area (TPSA) is 70.1 Å². The molecule has 0 spiro atoms. The molecule has 1 fully saturated rings. The van der Waals surface area contributed by atoms with Crippen molar-refractivity contribution in [2.24, 2.45) is 0 Å². The molecule has 1 aromatic heterocycles. The molecule has 7 heteroatoms. The Balaban J connectivity index is 1.37. The Kier molecular flexibility index (Phi) is 5.72. The van der Waals surface area contributed by atoms with Crippen LogP contribution in [0.4, 0.5) is 4.39 Å². The minimum absolute atomic E-state index is 0.0467. The van der Waals surface area contributed by atoms with Crippen LogP contribution in [0.3, 0.4) is 0 Å².